The van der Waals surface area contributed by atoms with E-state index in [4.69, 9.17) is 14.0 Å². The highest BCUT2D eigenvalue weighted by molar-refractivity contribution is 7.53. The van der Waals surface area contributed by atoms with Gasteiger partial charge in [-0.15, -0.1) is 4.52 Å². The minimum absolute atomic E-state index is 0.00533. The zero-order valence-electron chi connectivity index (χ0n) is 38.2. The number of urea groups is 1. The zero-order chi connectivity index (χ0) is 47.4. The number of pyridine rings is 1. The quantitative estimate of drug-likeness (QED) is 0.0445. The molecule has 17 heteroatoms. The summed E-state index contributed by atoms with van der Waals surface area (Å²) in [4.78, 5) is 93.0. The molecule has 5 amide bonds. The molecule has 0 saturated carbocycles. The van der Waals surface area contributed by atoms with Gasteiger partial charge in [0.15, 0.2) is 6.79 Å². The summed E-state index contributed by atoms with van der Waals surface area (Å²) in [5.41, 5.74) is 2.77. The van der Waals surface area contributed by atoms with Crippen LogP contribution >= 0.6 is 8.17 Å². The fourth-order valence-corrected chi connectivity index (χ4v) is 8.18. The average Bonchev–Trinajstić information content (AvgIpc) is 3.59. The predicted molar refractivity (Wildman–Crippen MR) is 247 cm³/mol. The summed E-state index contributed by atoms with van der Waals surface area (Å²) in [5, 5.41) is 8.99. The van der Waals surface area contributed by atoms with E-state index >= 15 is 0 Å². The Morgan fingerprint density at radius 2 is 1.35 bits per heavy atom. The number of alkyl carbamates (subject to hydrolysis) is 1. The molecular weight excluding hydrogens is 852 g/mol. The Hall–Kier alpha value is -5.48. The molecule has 65 heavy (non-hydrogen) atoms. The number of carbonyl (C=O) groups excluding carboxylic acids is 4. The van der Waals surface area contributed by atoms with Crippen molar-refractivity contribution < 1.29 is 47.9 Å². The van der Waals surface area contributed by atoms with E-state index in [2.05, 4.69) is 20.9 Å². The second kappa shape index (κ2) is 22.6. The van der Waals surface area contributed by atoms with Crippen molar-refractivity contribution in [2.45, 2.75) is 97.6 Å². The number of hydrogen-bond donors (Lipinski definition) is 6. The molecule has 2 heterocycles. The van der Waals surface area contributed by atoms with Gasteiger partial charge in [0.2, 0.25) is 11.8 Å². The first kappa shape index (κ1) is 50.5. The number of ether oxygens (including phenoxy) is 2. The number of rotatable bonds is 20. The summed E-state index contributed by atoms with van der Waals surface area (Å²) >= 11 is 0. The van der Waals surface area contributed by atoms with Gasteiger partial charge in [0.1, 0.15) is 12.1 Å². The van der Waals surface area contributed by atoms with Gasteiger partial charge < -0.3 is 35.2 Å². The van der Waals surface area contributed by atoms with Crippen molar-refractivity contribution >= 4 is 32.1 Å². The summed E-state index contributed by atoms with van der Waals surface area (Å²) in [5.74, 6) is -0.958. The van der Waals surface area contributed by atoms with Crippen molar-refractivity contribution in [3.63, 3.8) is 0 Å². The molecule has 0 bridgehead atoms. The van der Waals surface area contributed by atoms with Crippen LogP contribution in [0.3, 0.4) is 0 Å². The van der Waals surface area contributed by atoms with Crippen LogP contribution in [-0.2, 0) is 43.0 Å². The molecule has 1 aliphatic heterocycles. The zero-order valence-corrected chi connectivity index (χ0v) is 39.1. The number of aromatic nitrogens is 1. The fourth-order valence-electron chi connectivity index (χ4n) is 7.98. The van der Waals surface area contributed by atoms with Gasteiger partial charge in [-0.25, -0.2) is 9.59 Å². The lowest BCUT2D eigenvalue weighted by Gasteiger charge is -2.39. The number of amides is 5. The lowest BCUT2D eigenvalue weighted by molar-refractivity contribution is -0.133. The van der Waals surface area contributed by atoms with Gasteiger partial charge in [-0.1, -0.05) is 133 Å². The van der Waals surface area contributed by atoms with Crippen molar-refractivity contribution in [3.05, 3.63) is 126 Å². The molecule has 1 aromatic heterocycles. The molecule has 1 aliphatic rings. The number of nitrogens with one attached hydrogen (secondary N) is 3. The smallest absolute Gasteiger partial charge is 0.453 e. The van der Waals surface area contributed by atoms with Crippen molar-refractivity contribution in [2.24, 2.45) is 10.8 Å². The molecule has 6 N–H and O–H groups in total. The minimum Gasteiger partial charge on any atom is -0.453 e. The normalized spacial score (nSPS) is 15.7. The molecular formula is C48H64N6O10P+. The van der Waals surface area contributed by atoms with Gasteiger partial charge in [0.25, 0.3) is 0 Å². The van der Waals surface area contributed by atoms with Gasteiger partial charge in [-0.05, 0) is 58.9 Å². The number of carbonyl (C=O) groups is 4. The topological polar surface area (TPSA) is 212 Å². The monoisotopic (exact) mass is 915 g/mol. The first-order valence-electron chi connectivity index (χ1n) is 21.6. The molecule has 4 aromatic rings. The Morgan fingerprint density at radius 1 is 0.738 bits per heavy atom. The maximum atomic E-state index is 14.9. The van der Waals surface area contributed by atoms with Crippen LogP contribution in [0.25, 0.3) is 11.3 Å². The van der Waals surface area contributed by atoms with Gasteiger partial charge in [0.05, 0.1) is 24.9 Å². The lowest BCUT2D eigenvalue weighted by Crippen LogP contribution is -2.59. The lowest BCUT2D eigenvalue weighted by atomic mass is 9.84. The first-order chi connectivity index (χ1) is 30.7. The van der Waals surface area contributed by atoms with E-state index in [1.165, 1.54) is 7.11 Å². The van der Waals surface area contributed by atoms with E-state index in [9.17, 15) is 33.9 Å². The van der Waals surface area contributed by atoms with Crippen LogP contribution in [0.15, 0.2) is 109 Å². The van der Waals surface area contributed by atoms with E-state index in [0.717, 1.165) is 27.9 Å². The Morgan fingerprint density at radius 3 is 1.92 bits per heavy atom. The SMILES string of the molecule is COC(=O)N[C@H](C(=O)N[C@@H](Cc1ccc(-c2ccccn2)cc1)C[C@H](OCO[P+](O)(O)O)[C@H](Cc1ccccc1)NC(=O)[C@@H](N1CCN(Cc2ccccc2)C1=O)C(C)(C)C)C(C)(C)C. The van der Waals surface area contributed by atoms with E-state index in [1.807, 2.05) is 124 Å². The molecule has 350 valence electrons. The highest BCUT2D eigenvalue weighted by Crippen LogP contribution is 2.45. The van der Waals surface area contributed by atoms with Crippen molar-refractivity contribution in [1.82, 2.24) is 30.7 Å². The molecule has 0 radical (unpaired) electrons. The highest BCUT2D eigenvalue weighted by atomic mass is 31.2. The van der Waals surface area contributed by atoms with E-state index < -0.39 is 74.0 Å². The maximum absolute atomic E-state index is 14.9. The third kappa shape index (κ3) is 15.3. The number of nitrogens with zero attached hydrogens (tertiary/aromatic N) is 3. The predicted octanol–water partition coefficient (Wildman–Crippen LogP) is 6.03. The molecule has 5 atom stereocenters. The van der Waals surface area contributed by atoms with E-state index in [1.54, 1.807) is 36.8 Å². The molecule has 16 nitrogen and oxygen atoms in total. The van der Waals surface area contributed by atoms with Gasteiger partial charge >= 0.3 is 20.3 Å². The fraction of sp³-hybridized carbons (Fsp3) is 0.438. The van der Waals surface area contributed by atoms with Crippen LogP contribution in [0.4, 0.5) is 9.59 Å². The summed E-state index contributed by atoms with van der Waals surface area (Å²) in [6.45, 7) is 11.4. The number of benzene rings is 3. The maximum Gasteiger partial charge on any atom is 0.569 e. The van der Waals surface area contributed by atoms with Crippen LogP contribution in [0.5, 0.6) is 0 Å². The standard InChI is InChI=1S/C48H63N6O10P/c1-47(2,3)41(52-45(57)62-7)43(55)50-37(28-34-21-23-36(24-22-34)38-20-14-15-25-49-38)30-40(63-32-64-65(59,60)61)39(29-33-16-10-8-11-17-33)51-44(56)42(48(4,5)6)54-27-26-53(46(54)58)31-35-18-12-9-13-19-35/h8-25,37,39-42,59-61H,26-32H2,1-7H3,(H2-,50,51,52,55,56,57)/p+1/t37-,39-,40-,41+,42+/m0/s1. The second-order valence-electron chi connectivity index (χ2n) is 18.4. The largest absolute Gasteiger partial charge is 0.569 e. The number of methoxy groups -OCH3 is 1. The number of hydrogen-bond acceptors (Lipinski definition) is 11. The summed E-state index contributed by atoms with van der Waals surface area (Å²) in [7, 11) is -3.55. The highest BCUT2D eigenvalue weighted by Gasteiger charge is 2.45. The Labute approximate surface area is 382 Å². The molecule has 0 aliphatic carbocycles. The summed E-state index contributed by atoms with van der Waals surface area (Å²) < 4.78 is 16.0. The minimum atomic E-state index is -4.77. The molecule has 0 unspecified atom stereocenters. The van der Waals surface area contributed by atoms with E-state index in [-0.39, 0.29) is 25.3 Å². The summed E-state index contributed by atoms with van der Waals surface area (Å²) in [6.07, 6.45) is 0.342. The van der Waals surface area contributed by atoms with Gasteiger partial charge in [-0.3, -0.25) is 14.6 Å². The van der Waals surface area contributed by atoms with Crippen molar-refractivity contribution in [1.29, 1.82) is 0 Å². The molecule has 1 fully saturated rings. The van der Waals surface area contributed by atoms with Crippen molar-refractivity contribution in [2.75, 3.05) is 27.0 Å². The van der Waals surface area contributed by atoms with Crippen LogP contribution in [0.1, 0.15) is 64.7 Å². The van der Waals surface area contributed by atoms with Crippen LogP contribution in [0, 0.1) is 10.8 Å². The Kier molecular flexibility index (Phi) is 17.6. The second-order valence-corrected chi connectivity index (χ2v) is 19.7. The third-order valence-electron chi connectivity index (χ3n) is 11.1. The molecule has 3 aromatic carbocycles. The average molecular weight is 916 g/mol. The molecule has 5 rings (SSSR count). The van der Waals surface area contributed by atoms with Crippen LogP contribution < -0.4 is 16.0 Å². The first-order valence-corrected chi connectivity index (χ1v) is 23.2. The Balaban J connectivity index is 1.52. The summed E-state index contributed by atoms with van der Waals surface area (Å²) in [6, 6.07) is 28.4. The van der Waals surface area contributed by atoms with Crippen molar-refractivity contribution in [3.8, 4) is 11.3 Å². The van der Waals surface area contributed by atoms with E-state index in [0.29, 0.717) is 19.6 Å². The molecule has 1 saturated heterocycles. The Bertz CT molecular complexity index is 2150. The van der Waals surface area contributed by atoms with Crippen LogP contribution in [-0.4, -0.2) is 111 Å². The third-order valence-corrected chi connectivity index (χ3v) is 11.6. The van der Waals surface area contributed by atoms with Gasteiger partial charge in [-0.2, -0.15) is 14.7 Å². The van der Waals surface area contributed by atoms with Crippen LogP contribution in [0.2, 0.25) is 0 Å². The van der Waals surface area contributed by atoms with Gasteiger partial charge in [0, 0.05) is 37.4 Å². The molecule has 0 spiro atoms.